The van der Waals surface area contributed by atoms with Gasteiger partial charge in [-0.25, -0.2) is 0 Å². The first-order valence-corrected chi connectivity index (χ1v) is 6.07. The maximum absolute atomic E-state index is 11.9. The molecule has 0 bridgehead atoms. The molecule has 1 N–H and O–H groups in total. The van der Waals surface area contributed by atoms with Gasteiger partial charge in [0.15, 0.2) is 0 Å². The fraction of sp³-hybridized carbons (Fsp3) is 0.917. The van der Waals surface area contributed by atoms with E-state index in [0.717, 1.165) is 6.54 Å². The lowest BCUT2D eigenvalue weighted by Gasteiger charge is -2.21. The molecule has 1 heterocycles. The number of carbonyl (C=O) groups is 1. The highest BCUT2D eigenvalue weighted by molar-refractivity contribution is 5.74. The molecular formula is C12H23NO3. The van der Waals surface area contributed by atoms with E-state index < -0.39 is 0 Å². The first-order valence-electron chi connectivity index (χ1n) is 6.07. The van der Waals surface area contributed by atoms with Crippen molar-refractivity contribution in [2.45, 2.75) is 39.8 Å². The molecule has 0 saturated carbocycles. The molecule has 1 fully saturated rings. The number of hydrogen-bond acceptors (Lipinski definition) is 4. The third-order valence-corrected chi connectivity index (χ3v) is 3.09. The molecule has 3 unspecified atom stereocenters. The van der Waals surface area contributed by atoms with Gasteiger partial charge in [-0.2, -0.15) is 0 Å². The van der Waals surface area contributed by atoms with Gasteiger partial charge in [-0.05, 0) is 19.4 Å². The van der Waals surface area contributed by atoms with E-state index in [1.165, 1.54) is 0 Å². The lowest BCUT2D eigenvalue weighted by Crippen LogP contribution is -2.41. The number of rotatable bonds is 5. The van der Waals surface area contributed by atoms with Gasteiger partial charge in [-0.1, -0.05) is 20.8 Å². The molecular weight excluding hydrogens is 206 g/mol. The summed E-state index contributed by atoms with van der Waals surface area (Å²) >= 11 is 0. The predicted molar refractivity (Wildman–Crippen MR) is 62.2 cm³/mol. The van der Waals surface area contributed by atoms with Crippen LogP contribution in [0.3, 0.4) is 0 Å². The van der Waals surface area contributed by atoms with Gasteiger partial charge in [0.1, 0.15) is 6.10 Å². The summed E-state index contributed by atoms with van der Waals surface area (Å²) in [4.78, 5) is 11.9. The summed E-state index contributed by atoms with van der Waals surface area (Å²) < 4.78 is 10.7. The molecule has 3 atom stereocenters. The second kappa shape index (κ2) is 6.21. The van der Waals surface area contributed by atoms with Crippen molar-refractivity contribution in [2.24, 2.45) is 11.8 Å². The zero-order valence-electron chi connectivity index (χ0n) is 10.7. The number of likely N-dealkylation sites (N-methyl/N-ethyl adjacent to an activating group) is 1. The Morgan fingerprint density at radius 1 is 1.44 bits per heavy atom. The highest BCUT2D eigenvalue weighted by Crippen LogP contribution is 2.17. The average molecular weight is 229 g/mol. The summed E-state index contributed by atoms with van der Waals surface area (Å²) in [5.74, 6) is 0.0645. The molecule has 4 nitrogen and oxygen atoms in total. The summed E-state index contributed by atoms with van der Waals surface area (Å²) in [6.07, 6.45) is -0.0321. The Hall–Kier alpha value is -0.610. The van der Waals surface area contributed by atoms with Crippen molar-refractivity contribution in [1.29, 1.82) is 0 Å². The van der Waals surface area contributed by atoms with Gasteiger partial charge >= 0.3 is 5.97 Å². The van der Waals surface area contributed by atoms with E-state index in [1.54, 1.807) is 0 Å². The summed E-state index contributed by atoms with van der Waals surface area (Å²) in [5, 5.41) is 3.25. The molecule has 0 amide bonds. The summed E-state index contributed by atoms with van der Waals surface area (Å²) in [5.41, 5.74) is 0. The maximum Gasteiger partial charge on any atom is 0.313 e. The van der Waals surface area contributed by atoms with Crippen LogP contribution in [0, 0.1) is 11.8 Å². The Labute approximate surface area is 97.7 Å². The highest BCUT2D eigenvalue weighted by Gasteiger charge is 2.35. The van der Waals surface area contributed by atoms with E-state index in [-0.39, 0.29) is 24.0 Å². The van der Waals surface area contributed by atoms with E-state index in [2.05, 4.69) is 5.32 Å². The first-order chi connectivity index (χ1) is 7.56. The lowest BCUT2D eigenvalue weighted by atomic mass is 10.0. The largest absolute Gasteiger partial charge is 0.462 e. The topological polar surface area (TPSA) is 47.6 Å². The zero-order chi connectivity index (χ0) is 12.1. The van der Waals surface area contributed by atoms with Crippen molar-refractivity contribution in [1.82, 2.24) is 5.32 Å². The van der Waals surface area contributed by atoms with E-state index >= 15 is 0 Å². The van der Waals surface area contributed by atoms with Crippen LogP contribution < -0.4 is 5.32 Å². The number of ether oxygens (including phenoxy) is 2. The van der Waals surface area contributed by atoms with Crippen molar-refractivity contribution in [3.05, 3.63) is 0 Å². The minimum Gasteiger partial charge on any atom is -0.462 e. The molecule has 0 spiro atoms. The Balaban J connectivity index is 2.46. The smallest absolute Gasteiger partial charge is 0.313 e. The number of carbonyl (C=O) groups excluding carboxylic acids is 1. The molecule has 0 aliphatic carbocycles. The molecule has 0 aromatic heterocycles. The highest BCUT2D eigenvalue weighted by atomic mass is 16.5. The summed E-state index contributed by atoms with van der Waals surface area (Å²) in [6, 6.07) is 0.108. The molecule has 1 saturated heterocycles. The van der Waals surface area contributed by atoms with E-state index in [0.29, 0.717) is 19.1 Å². The number of nitrogens with one attached hydrogen (secondary N) is 1. The maximum atomic E-state index is 11.9. The first kappa shape index (κ1) is 13.5. The van der Waals surface area contributed by atoms with Crippen LogP contribution in [0.4, 0.5) is 0 Å². The van der Waals surface area contributed by atoms with Gasteiger partial charge in [0, 0.05) is 6.04 Å². The monoisotopic (exact) mass is 229 g/mol. The normalized spacial score (nSPS) is 27.1. The molecule has 0 radical (unpaired) electrons. The molecule has 16 heavy (non-hydrogen) atoms. The van der Waals surface area contributed by atoms with Gasteiger partial charge < -0.3 is 14.8 Å². The predicted octanol–water partition coefficient (Wildman–Crippen LogP) is 1.20. The Bertz CT molecular complexity index is 230. The Morgan fingerprint density at radius 3 is 2.69 bits per heavy atom. The molecule has 0 aromatic rings. The van der Waals surface area contributed by atoms with Gasteiger partial charge in [-0.15, -0.1) is 0 Å². The minimum atomic E-state index is -0.152. The molecule has 4 heteroatoms. The summed E-state index contributed by atoms with van der Waals surface area (Å²) in [7, 11) is 0. The third-order valence-electron chi connectivity index (χ3n) is 3.09. The van der Waals surface area contributed by atoms with E-state index in [9.17, 15) is 4.79 Å². The minimum absolute atomic E-state index is 0.0321. The Kier molecular flexibility index (Phi) is 5.22. The van der Waals surface area contributed by atoms with Crippen LogP contribution in [-0.4, -0.2) is 37.9 Å². The zero-order valence-corrected chi connectivity index (χ0v) is 10.7. The van der Waals surface area contributed by atoms with Crippen LogP contribution >= 0.6 is 0 Å². The molecule has 0 aromatic carbocycles. The van der Waals surface area contributed by atoms with Gasteiger partial charge in [0.2, 0.25) is 0 Å². The van der Waals surface area contributed by atoms with Crippen molar-refractivity contribution >= 4 is 5.97 Å². The average Bonchev–Trinajstić information content (AvgIpc) is 2.66. The molecule has 1 rings (SSSR count). The standard InChI is InChI=1S/C12H23NO3/c1-5-13-11-7-15-6-10(11)12(14)16-9(4)8(2)3/h8-11,13H,5-7H2,1-4H3. The van der Waals surface area contributed by atoms with Crippen molar-refractivity contribution < 1.29 is 14.3 Å². The summed E-state index contributed by atoms with van der Waals surface area (Å²) in [6.45, 7) is 9.97. The second-order valence-electron chi connectivity index (χ2n) is 4.69. The van der Waals surface area contributed by atoms with Crippen LogP contribution in [0.5, 0.6) is 0 Å². The third kappa shape index (κ3) is 3.46. The second-order valence-corrected chi connectivity index (χ2v) is 4.69. The fourth-order valence-electron chi connectivity index (χ4n) is 1.66. The molecule has 94 valence electrons. The van der Waals surface area contributed by atoms with Gasteiger partial charge in [0.05, 0.1) is 19.1 Å². The van der Waals surface area contributed by atoms with E-state index in [1.807, 2.05) is 27.7 Å². The van der Waals surface area contributed by atoms with Crippen molar-refractivity contribution in [3.63, 3.8) is 0 Å². The van der Waals surface area contributed by atoms with Crippen LogP contribution in [-0.2, 0) is 14.3 Å². The van der Waals surface area contributed by atoms with Gasteiger partial charge in [-0.3, -0.25) is 4.79 Å². The van der Waals surface area contributed by atoms with Crippen LogP contribution in [0.2, 0.25) is 0 Å². The number of esters is 1. The lowest BCUT2D eigenvalue weighted by molar-refractivity contribution is -0.155. The SMILES string of the molecule is CCNC1COCC1C(=O)OC(C)C(C)C. The molecule has 1 aliphatic rings. The quantitative estimate of drug-likeness (QED) is 0.720. The fourth-order valence-corrected chi connectivity index (χ4v) is 1.66. The molecule has 1 aliphatic heterocycles. The van der Waals surface area contributed by atoms with Gasteiger partial charge in [0.25, 0.3) is 0 Å². The van der Waals surface area contributed by atoms with Crippen molar-refractivity contribution in [3.8, 4) is 0 Å². The number of hydrogen-bond donors (Lipinski definition) is 1. The van der Waals surface area contributed by atoms with Crippen molar-refractivity contribution in [2.75, 3.05) is 19.8 Å². The van der Waals surface area contributed by atoms with E-state index in [4.69, 9.17) is 9.47 Å². The Morgan fingerprint density at radius 2 is 2.12 bits per heavy atom. The van der Waals surface area contributed by atoms with Crippen LogP contribution in [0.25, 0.3) is 0 Å². The van der Waals surface area contributed by atoms with Crippen LogP contribution in [0.1, 0.15) is 27.7 Å². The van der Waals surface area contributed by atoms with Crippen LogP contribution in [0.15, 0.2) is 0 Å².